The fourth-order valence-electron chi connectivity index (χ4n) is 4.01. The molecule has 0 spiro atoms. The Hall–Kier alpha value is -0.970. The Bertz CT molecular complexity index is 585. The van der Waals surface area contributed by atoms with E-state index in [0.29, 0.717) is 16.4 Å². The molecule has 0 aliphatic heterocycles. The number of hydrogen-bond acceptors (Lipinski definition) is 1. The van der Waals surface area contributed by atoms with Gasteiger partial charge in [0.15, 0.2) is 0 Å². The second kappa shape index (κ2) is 5.67. The van der Waals surface area contributed by atoms with Gasteiger partial charge in [-0.25, -0.2) is 0 Å². The summed E-state index contributed by atoms with van der Waals surface area (Å²) in [7, 11) is 0. The summed E-state index contributed by atoms with van der Waals surface area (Å²) in [6, 6.07) is 7.58. The highest BCUT2D eigenvalue weighted by Crippen LogP contribution is 2.52. The number of halogens is 1. The second-order valence-corrected chi connectivity index (χ2v) is 7.47. The van der Waals surface area contributed by atoms with Crippen LogP contribution in [0.15, 0.2) is 24.3 Å². The predicted octanol–water partition coefficient (Wildman–Crippen LogP) is 4.80. The highest BCUT2D eigenvalue weighted by molar-refractivity contribution is 6.31. The van der Waals surface area contributed by atoms with E-state index in [4.69, 9.17) is 11.6 Å². The lowest BCUT2D eigenvalue weighted by atomic mass is 9.57. The summed E-state index contributed by atoms with van der Waals surface area (Å²) in [5, 5.41) is 11.5. The van der Waals surface area contributed by atoms with E-state index in [1.807, 2.05) is 24.3 Å². The molecule has 0 heterocycles. The van der Waals surface area contributed by atoms with E-state index in [-0.39, 0.29) is 0 Å². The first-order valence-electron chi connectivity index (χ1n) is 8.01. The van der Waals surface area contributed by atoms with E-state index in [9.17, 15) is 5.11 Å². The lowest BCUT2D eigenvalue weighted by Gasteiger charge is -2.49. The third-order valence-corrected chi connectivity index (χ3v) is 5.86. The topological polar surface area (TPSA) is 20.2 Å². The van der Waals surface area contributed by atoms with Crippen LogP contribution in [-0.4, -0.2) is 10.7 Å². The van der Waals surface area contributed by atoms with E-state index >= 15 is 0 Å². The molecule has 1 aromatic rings. The van der Waals surface area contributed by atoms with Crippen LogP contribution in [0.2, 0.25) is 5.02 Å². The molecule has 0 aromatic heterocycles. The highest BCUT2D eigenvalue weighted by atomic mass is 35.5. The van der Waals surface area contributed by atoms with E-state index in [1.54, 1.807) is 0 Å². The maximum atomic E-state index is 10.9. The van der Waals surface area contributed by atoms with Crippen LogP contribution in [0.25, 0.3) is 0 Å². The number of rotatable bonds is 0. The highest BCUT2D eigenvalue weighted by Gasteiger charge is 2.46. The zero-order valence-electron chi connectivity index (χ0n) is 12.7. The number of benzene rings is 1. The minimum absolute atomic E-state index is 0.427. The molecule has 1 aromatic carbocycles. The zero-order valence-corrected chi connectivity index (χ0v) is 13.4. The van der Waals surface area contributed by atoms with Gasteiger partial charge in [-0.05, 0) is 55.6 Å². The molecule has 2 saturated carbocycles. The second-order valence-electron chi connectivity index (χ2n) is 7.06. The molecule has 1 nitrogen and oxygen atoms in total. The van der Waals surface area contributed by atoms with Crippen molar-refractivity contribution in [1.82, 2.24) is 0 Å². The zero-order chi connectivity index (χ0) is 14.9. The summed E-state index contributed by atoms with van der Waals surface area (Å²) < 4.78 is 0. The van der Waals surface area contributed by atoms with Gasteiger partial charge in [-0.3, -0.25) is 0 Å². The van der Waals surface area contributed by atoms with Crippen LogP contribution >= 0.6 is 11.6 Å². The standard InChI is InChI=1S/C19H23ClO/c1-18-10-5-4-7-16(18)14-19(21,13-12-18)11-9-15-6-2-3-8-17(15)20/h2-3,6,8,16,21H,4-5,7,10,12-14H2,1H3/t16-,18+,19+/m1/s1. The molecule has 0 saturated heterocycles. The summed E-state index contributed by atoms with van der Waals surface area (Å²) >= 11 is 6.14. The summed E-state index contributed by atoms with van der Waals surface area (Å²) in [5.41, 5.74) is 0.404. The molecule has 0 radical (unpaired) electrons. The first-order chi connectivity index (χ1) is 10.0. The summed E-state index contributed by atoms with van der Waals surface area (Å²) in [6.45, 7) is 2.40. The van der Waals surface area contributed by atoms with Crippen molar-refractivity contribution in [2.24, 2.45) is 11.3 Å². The average Bonchev–Trinajstić information content (AvgIpc) is 2.47. The lowest BCUT2D eigenvalue weighted by molar-refractivity contribution is -0.0443. The Kier molecular flexibility index (Phi) is 4.04. The molecule has 0 unspecified atom stereocenters. The van der Waals surface area contributed by atoms with Gasteiger partial charge in [0.05, 0.1) is 5.02 Å². The van der Waals surface area contributed by atoms with Gasteiger partial charge in [0.2, 0.25) is 0 Å². The predicted molar refractivity (Wildman–Crippen MR) is 87.2 cm³/mol. The van der Waals surface area contributed by atoms with Gasteiger partial charge in [-0.15, -0.1) is 0 Å². The van der Waals surface area contributed by atoms with Crippen molar-refractivity contribution < 1.29 is 5.11 Å². The monoisotopic (exact) mass is 302 g/mol. The van der Waals surface area contributed by atoms with Crippen molar-refractivity contribution in [1.29, 1.82) is 0 Å². The molecule has 21 heavy (non-hydrogen) atoms. The van der Waals surface area contributed by atoms with Crippen LogP contribution < -0.4 is 0 Å². The van der Waals surface area contributed by atoms with Crippen molar-refractivity contribution >= 4 is 11.6 Å². The van der Waals surface area contributed by atoms with Gasteiger partial charge >= 0.3 is 0 Å². The summed E-state index contributed by atoms with van der Waals surface area (Å²) in [4.78, 5) is 0. The van der Waals surface area contributed by atoms with Gasteiger partial charge in [0.25, 0.3) is 0 Å². The molecule has 112 valence electrons. The van der Waals surface area contributed by atoms with Gasteiger partial charge in [-0.1, -0.05) is 55.3 Å². The van der Waals surface area contributed by atoms with Gasteiger partial charge in [-0.2, -0.15) is 0 Å². The number of fused-ring (bicyclic) bond motifs is 1. The van der Waals surface area contributed by atoms with Crippen molar-refractivity contribution in [2.45, 2.75) is 57.5 Å². The third kappa shape index (κ3) is 3.12. The van der Waals surface area contributed by atoms with E-state index in [0.717, 1.165) is 24.8 Å². The van der Waals surface area contributed by atoms with Crippen molar-refractivity contribution in [2.75, 3.05) is 0 Å². The Morgan fingerprint density at radius 3 is 2.81 bits per heavy atom. The maximum absolute atomic E-state index is 10.9. The fourth-order valence-corrected chi connectivity index (χ4v) is 4.19. The van der Waals surface area contributed by atoms with Crippen molar-refractivity contribution in [3.63, 3.8) is 0 Å². The van der Waals surface area contributed by atoms with E-state index in [1.165, 1.54) is 25.7 Å². The minimum atomic E-state index is -0.833. The average molecular weight is 303 g/mol. The summed E-state index contributed by atoms with van der Waals surface area (Å²) in [6.07, 6.45) is 7.90. The Morgan fingerprint density at radius 2 is 2.00 bits per heavy atom. The first-order valence-corrected chi connectivity index (χ1v) is 8.39. The molecule has 2 fully saturated rings. The molecule has 0 amide bonds. The van der Waals surface area contributed by atoms with Crippen LogP contribution in [0.3, 0.4) is 0 Å². The lowest BCUT2D eigenvalue weighted by Crippen LogP contribution is -2.44. The van der Waals surface area contributed by atoms with Crippen LogP contribution in [0.4, 0.5) is 0 Å². The third-order valence-electron chi connectivity index (χ3n) is 5.53. The van der Waals surface area contributed by atoms with E-state index in [2.05, 4.69) is 18.8 Å². The molecule has 3 rings (SSSR count). The molecule has 0 bridgehead atoms. The van der Waals surface area contributed by atoms with Crippen LogP contribution in [0, 0.1) is 23.2 Å². The maximum Gasteiger partial charge on any atom is 0.126 e. The molecule has 2 aliphatic rings. The van der Waals surface area contributed by atoms with Crippen molar-refractivity contribution in [3.05, 3.63) is 34.9 Å². The van der Waals surface area contributed by atoms with Crippen molar-refractivity contribution in [3.8, 4) is 11.8 Å². The number of aliphatic hydroxyl groups is 1. The largest absolute Gasteiger partial charge is 0.378 e. The normalized spacial score (nSPS) is 35.5. The summed E-state index contributed by atoms with van der Waals surface area (Å²) in [5.74, 6) is 6.84. The van der Waals surface area contributed by atoms with E-state index < -0.39 is 5.60 Å². The van der Waals surface area contributed by atoms with Crippen LogP contribution in [0.5, 0.6) is 0 Å². The quantitative estimate of drug-likeness (QED) is 0.682. The Morgan fingerprint density at radius 1 is 1.19 bits per heavy atom. The molecule has 1 N–H and O–H groups in total. The smallest absolute Gasteiger partial charge is 0.126 e. The Balaban J connectivity index is 1.79. The minimum Gasteiger partial charge on any atom is -0.378 e. The van der Waals surface area contributed by atoms with Gasteiger partial charge in [0.1, 0.15) is 5.60 Å². The van der Waals surface area contributed by atoms with Gasteiger partial charge in [0, 0.05) is 5.56 Å². The molecular weight excluding hydrogens is 280 g/mol. The molecular formula is C19H23ClO. The SMILES string of the molecule is C[C@@]12CCCC[C@@H]1C[C@](O)(C#Cc1ccccc1Cl)CC2. The van der Waals surface area contributed by atoms with Gasteiger partial charge < -0.3 is 5.11 Å². The molecule has 2 heteroatoms. The Labute approximate surface area is 132 Å². The molecule has 2 aliphatic carbocycles. The molecule has 3 atom stereocenters. The first kappa shape index (κ1) is 14.9. The van der Waals surface area contributed by atoms with Crippen LogP contribution in [-0.2, 0) is 0 Å². The number of hydrogen-bond donors (Lipinski definition) is 1. The fraction of sp³-hybridized carbons (Fsp3) is 0.579. The van der Waals surface area contributed by atoms with Crippen LogP contribution in [0.1, 0.15) is 57.4 Å².